The summed E-state index contributed by atoms with van der Waals surface area (Å²) in [4.78, 5) is 35.8. The molecule has 1 aliphatic heterocycles. The van der Waals surface area contributed by atoms with Crippen molar-refractivity contribution in [1.82, 2.24) is 24.6 Å². The minimum Gasteiger partial charge on any atom is -0.352 e. The van der Waals surface area contributed by atoms with Crippen LogP contribution in [0.25, 0.3) is 0 Å². The fraction of sp³-hybridized carbons (Fsp3) is 0.692. The van der Waals surface area contributed by atoms with Gasteiger partial charge in [-0.1, -0.05) is 0 Å². The summed E-state index contributed by atoms with van der Waals surface area (Å²) in [7, 11) is 1.42. The number of halogens is 3. The molecule has 24 heavy (non-hydrogen) atoms. The lowest BCUT2D eigenvalue weighted by atomic mass is 9.97. The number of rotatable bonds is 3. The summed E-state index contributed by atoms with van der Waals surface area (Å²) in [5.41, 5.74) is -0.595. The number of aromatic nitrogens is 3. The Bertz CT molecular complexity index is 681. The van der Waals surface area contributed by atoms with Gasteiger partial charge in [0.1, 0.15) is 18.9 Å². The van der Waals surface area contributed by atoms with Crippen LogP contribution in [0.4, 0.5) is 13.2 Å². The number of carbonyl (C=O) groups is 2. The highest BCUT2D eigenvalue weighted by Crippen LogP contribution is 2.32. The maximum atomic E-state index is 13.2. The zero-order chi connectivity index (χ0) is 18.1. The summed E-state index contributed by atoms with van der Waals surface area (Å²) in [6, 6.07) is -2.49. The van der Waals surface area contributed by atoms with E-state index in [2.05, 4.69) is 10.4 Å². The van der Waals surface area contributed by atoms with Crippen molar-refractivity contribution in [1.29, 1.82) is 0 Å². The molecule has 2 rings (SSSR count). The van der Waals surface area contributed by atoms with Crippen LogP contribution < -0.4 is 11.0 Å². The van der Waals surface area contributed by atoms with Gasteiger partial charge in [0.2, 0.25) is 11.8 Å². The summed E-state index contributed by atoms with van der Waals surface area (Å²) < 4.78 is 41.5. The number of piperidine rings is 1. The van der Waals surface area contributed by atoms with Gasteiger partial charge >= 0.3 is 11.9 Å². The van der Waals surface area contributed by atoms with E-state index in [9.17, 15) is 27.6 Å². The number of carbonyl (C=O) groups excluding carboxylic acids is 2. The molecule has 11 heteroatoms. The quantitative estimate of drug-likeness (QED) is 0.807. The van der Waals surface area contributed by atoms with E-state index in [0.717, 1.165) is 9.25 Å². The minimum absolute atomic E-state index is 0.122. The molecule has 0 aliphatic carbocycles. The molecule has 1 aromatic heterocycles. The van der Waals surface area contributed by atoms with Crippen molar-refractivity contribution >= 4 is 11.8 Å². The normalized spacial score (nSPS) is 21.6. The van der Waals surface area contributed by atoms with E-state index in [-0.39, 0.29) is 25.3 Å². The van der Waals surface area contributed by atoms with E-state index < -0.39 is 36.4 Å². The van der Waals surface area contributed by atoms with Crippen molar-refractivity contribution in [2.75, 3.05) is 6.54 Å². The van der Waals surface area contributed by atoms with Crippen LogP contribution in [0.15, 0.2) is 11.1 Å². The molecule has 2 amide bonds. The topological polar surface area (TPSA) is 89.2 Å². The van der Waals surface area contributed by atoms with Gasteiger partial charge in [-0.3, -0.25) is 14.2 Å². The molecule has 0 saturated carbocycles. The van der Waals surface area contributed by atoms with Crippen molar-refractivity contribution in [3.05, 3.63) is 16.8 Å². The largest absolute Gasteiger partial charge is 0.408 e. The van der Waals surface area contributed by atoms with Crippen molar-refractivity contribution in [2.45, 2.75) is 44.6 Å². The third-order valence-electron chi connectivity index (χ3n) is 3.86. The van der Waals surface area contributed by atoms with Crippen LogP contribution in [0.5, 0.6) is 0 Å². The monoisotopic (exact) mass is 349 g/mol. The van der Waals surface area contributed by atoms with E-state index in [1.807, 2.05) is 0 Å². The number of likely N-dealkylation sites (tertiary alicyclic amines) is 1. The molecule has 1 fully saturated rings. The average Bonchev–Trinajstić information content (AvgIpc) is 2.77. The first-order valence-electron chi connectivity index (χ1n) is 7.31. The Kier molecular flexibility index (Phi) is 4.99. The second-order valence-corrected chi connectivity index (χ2v) is 5.76. The Morgan fingerprint density at radius 1 is 1.38 bits per heavy atom. The summed E-state index contributed by atoms with van der Waals surface area (Å²) >= 11 is 0. The van der Waals surface area contributed by atoms with Gasteiger partial charge in [0.05, 0.1) is 0 Å². The summed E-state index contributed by atoms with van der Waals surface area (Å²) in [6.45, 7) is 0.415. The highest BCUT2D eigenvalue weighted by atomic mass is 19.4. The fourth-order valence-corrected chi connectivity index (χ4v) is 2.74. The smallest absolute Gasteiger partial charge is 0.352 e. The van der Waals surface area contributed by atoms with Crippen LogP contribution in [0.2, 0.25) is 0 Å². The number of nitrogens with one attached hydrogen (secondary N) is 1. The number of hydrogen-bond donors (Lipinski definition) is 1. The second-order valence-electron chi connectivity index (χ2n) is 5.76. The lowest BCUT2D eigenvalue weighted by Crippen LogP contribution is -2.58. The van der Waals surface area contributed by atoms with Crippen LogP contribution >= 0.6 is 0 Å². The van der Waals surface area contributed by atoms with Crippen molar-refractivity contribution < 1.29 is 22.8 Å². The third kappa shape index (κ3) is 3.95. The molecular weight excluding hydrogens is 331 g/mol. The minimum atomic E-state index is -4.58. The Labute approximate surface area is 135 Å². The molecule has 0 spiro atoms. The first-order chi connectivity index (χ1) is 11.1. The third-order valence-corrected chi connectivity index (χ3v) is 3.86. The highest BCUT2D eigenvalue weighted by Gasteiger charge is 2.48. The fourth-order valence-electron chi connectivity index (χ4n) is 2.74. The average molecular weight is 349 g/mol. The Morgan fingerprint density at radius 2 is 2.04 bits per heavy atom. The maximum Gasteiger partial charge on any atom is 0.408 e. The van der Waals surface area contributed by atoms with Crippen molar-refractivity contribution in [3.8, 4) is 0 Å². The van der Waals surface area contributed by atoms with E-state index in [1.165, 1.54) is 20.3 Å². The van der Waals surface area contributed by atoms with Gasteiger partial charge in [-0.25, -0.2) is 9.48 Å². The number of hydrogen-bond acceptors (Lipinski definition) is 4. The predicted molar refractivity (Wildman–Crippen MR) is 75.9 cm³/mol. The molecule has 1 aliphatic rings. The molecular formula is C13H18F3N5O3. The summed E-state index contributed by atoms with van der Waals surface area (Å²) in [6.07, 6.45) is -3.59. The Hall–Kier alpha value is -2.33. The van der Waals surface area contributed by atoms with Gasteiger partial charge in [0, 0.05) is 26.6 Å². The zero-order valence-electron chi connectivity index (χ0n) is 13.2. The Morgan fingerprint density at radius 3 is 2.54 bits per heavy atom. The maximum absolute atomic E-state index is 13.2. The van der Waals surface area contributed by atoms with Gasteiger partial charge in [-0.2, -0.15) is 18.3 Å². The van der Waals surface area contributed by atoms with Gasteiger partial charge in [0.25, 0.3) is 0 Å². The van der Waals surface area contributed by atoms with E-state index in [0.29, 0.717) is 4.90 Å². The van der Waals surface area contributed by atoms with Gasteiger partial charge in [-0.15, -0.1) is 0 Å². The van der Waals surface area contributed by atoms with E-state index in [1.54, 1.807) is 0 Å². The lowest BCUT2D eigenvalue weighted by Gasteiger charge is -2.40. The molecule has 134 valence electrons. The molecule has 1 N–H and O–H groups in total. The second kappa shape index (κ2) is 6.65. The van der Waals surface area contributed by atoms with Crippen LogP contribution in [0.1, 0.15) is 19.8 Å². The number of amides is 2. The molecule has 1 aromatic rings. The lowest BCUT2D eigenvalue weighted by molar-refractivity contribution is -0.197. The first kappa shape index (κ1) is 18.0. The van der Waals surface area contributed by atoms with E-state index >= 15 is 0 Å². The van der Waals surface area contributed by atoms with Crippen LogP contribution in [-0.4, -0.2) is 55.9 Å². The highest BCUT2D eigenvalue weighted by molar-refractivity contribution is 5.77. The first-order valence-corrected chi connectivity index (χ1v) is 7.31. The standard InChI is InChI=1S/C13H18F3N5O3/c1-8(22)18-9-3-4-10(13(14,15)16)20(5-9)11(23)6-21-12(24)19(2)7-17-21/h7,9-10H,3-6H2,1-2H3,(H,18,22). The van der Waals surface area contributed by atoms with E-state index in [4.69, 9.17) is 0 Å². The number of aryl methyl sites for hydroxylation is 1. The Balaban J connectivity index is 2.19. The van der Waals surface area contributed by atoms with Crippen LogP contribution in [0, 0.1) is 0 Å². The molecule has 0 radical (unpaired) electrons. The molecule has 2 unspecified atom stereocenters. The molecule has 8 nitrogen and oxygen atoms in total. The summed E-state index contributed by atoms with van der Waals surface area (Å²) in [5, 5.41) is 6.20. The zero-order valence-corrected chi connectivity index (χ0v) is 13.2. The van der Waals surface area contributed by atoms with Gasteiger partial charge in [-0.05, 0) is 12.8 Å². The molecule has 1 saturated heterocycles. The predicted octanol–water partition coefficient (Wildman–Crippen LogP) is -0.360. The molecule has 2 atom stereocenters. The molecule has 0 aromatic carbocycles. The number of alkyl halides is 3. The molecule has 2 heterocycles. The SMILES string of the molecule is CC(=O)NC1CCC(C(F)(F)F)N(C(=O)Cn2ncn(C)c2=O)C1. The van der Waals surface area contributed by atoms with Crippen molar-refractivity contribution in [2.24, 2.45) is 7.05 Å². The van der Waals surface area contributed by atoms with Crippen LogP contribution in [-0.2, 0) is 23.2 Å². The van der Waals surface area contributed by atoms with Crippen molar-refractivity contribution in [3.63, 3.8) is 0 Å². The van der Waals surface area contributed by atoms with Gasteiger partial charge in [0.15, 0.2) is 0 Å². The number of nitrogens with zero attached hydrogens (tertiary/aromatic N) is 4. The summed E-state index contributed by atoms with van der Waals surface area (Å²) in [5.74, 6) is -1.24. The molecule has 0 bridgehead atoms. The van der Waals surface area contributed by atoms with Crippen LogP contribution in [0.3, 0.4) is 0 Å². The van der Waals surface area contributed by atoms with Gasteiger partial charge < -0.3 is 10.2 Å².